The zero-order valence-electron chi connectivity index (χ0n) is 8.99. The van der Waals surface area contributed by atoms with Gasteiger partial charge in [-0.2, -0.15) is 5.10 Å². The number of aromatic nitrogens is 2. The van der Waals surface area contributed by atoms with E-state index in [2.05, 4.69) is 5.10 Å². The Morgan fingerprint density at radius 1 is 1.28 bits per heavy atom. The minimum Gasteiger partial charge on any atom is -0.239 e. The van der Waals surface area contributed by atoms with Crippen LogP contribution in [-0.2, 0) is 10.0 Å². The zero-order valence-corrected chi connectivity index (χ0v) is 9.81. The lowest BCUT2D eigenvalue weighted by Crippen LogP contribution is -2.17. The highest BCUT2D eigenvalue weighted by molar-refractivity contribution is 7.89. The van der Waals surface area contributed by atoms with E-state index in [9.17, 15) is 17.2 Å². The number of hydrogen-bond acceptors (Lipinski definition) is 3. The van der Waals surface area contributed by atoms with Gasteiger partial charge in [0.1, 0.15) is 4.90 Å². The Hall–Kier alpha value is -1.80. The SMILES string of the molecule is NS(=O)(=O)c1cccc(C(F)F)c1-n1cccn1. The number of alkyl halides is 2. The summed E-state index contributed by atoms with van der Waals surface area (Å²) in [7, 11) is -4.11. The lowest BCUT2D eigenvalue weighted by molar-refractivity contribution is 0.151. The standard InChI is InChI=1S/C10H9F2N3O2S/c11-10(12)7-3-1-4-8(18(13,16)17)9(7)15-6-2-5-14-15/h1-6,10H,(H2,13,16,17). The van der Waals surface area contributed by atoms with Gasteiger partial charge in [-0.25, -0.2) is 27.0 Å². The Morgan fingerprint density at radius 2 is 2.00 bits per heavy atom. The van der Waals surface area contributed by atoms with Gasteiger partial charge in [-0.05, 0) is 12.1 Å². The van der Waals surface area contributed by atoms with Crippen LogP contribution in [0.25, 0.3) is 5.69 Å². The number of nitrogens with zero attached hydrogens (tertiary/aromatic N) is 2. The average molecular weight is 273 g/mol. The normalized spacial score (nSPS) is 12.0. The molecule has 0 aliphatic carbocycles. The van der Waals surface area contributed by atoms with Crippen LogP contribution in [0.15, 0.2) is 41.6 Å². The van der Waals surface area contributed by atoms with E-state index in [0.717, 1.165) is 16.8 Å². The molecule has 1 heterocycles. The summed E-state index contributed by atoms with van der Waals surface area (Å²) in [6.45, 7) is 0. The van der Waals surface area contributed by atoms with Crippen LogP contribution < -0.4 is 5.14 Å². The maximum absolute atomic E-state index is 12.9. The van der Waals surface area contributed by atoms with E-state index in [-0.39, 0.29) is 10.6 Å². The molecule has 0 bridgehead atoms. The molecule has 8 heteroatoms. The van der Waals surface area contributed by atoms with E-state index in [0.29, 0.717) is 0 Å². The second-order valence-electron chi connectivity index (χ2n) is 3.49. The van der Waals surface area contributed by atoms with Gasteiger partial charge in [0.2, 0.25) is 10.0 Å². The van der Waals surface area contributed by atoms with Crippen molar-refractivity contribution in [3.8, 4) is 5.69 Å². The highest BCUT2D eigenvalue weighted by Gasteiger charge is 2.23. The minimum absolute atomic E-state index is 0.222. The van der Waals surface area contributed by atoms with Crippen molar-refractivity contribution in [1.82, 2.24) is 9.78 Å². The lowest BCUT2D eigenvalue weighted by atomic mass is 10.2. The van der Waals surface area contributed by atoms with Crippen LogP contribution >= 0.6 is 0 Å². The zero-order chi connectivity index (χ0) is 13.3. The second kappa shape index (κ2) is 4.46. The fraction of sp³-hybridized carbons (Fsp3) is 0.100. The summed E-state index contributed by atoms with van der Waals surface area (Å²) in [6, 6.07) is 5.01. The van der Waals surface area contributed by atoms with Gasteiger partial charge in [0.25, 0.3) is 6.43 Å². The third-order valence-electron chi connectivity index (χ3n) is 2.31. The first kappa shape index (κ1) is 12.7. The van der Waals surface area contributed by atoms with Crippen LogP contribution in [0.3, 0.4) is 0 Å². The number of sulfonamides is 1. The predicted octanol–water partition coefficient (Wildman–Crippen LogP) is 1.46. The summed E-state index contributed by atoms with van der Waals surface area (Å²) >= 11 is 0. The van der Waals surface area contributed by atoms with Crippen LogP contribution in [0, 0.1) is 0 Å². The Balaban J connectivity index is 2.81. The number of halogens is 2. The molecule has 5 nitrogen and oxygen atoms in total. The van der Waals surface area contributed by atoms with E-state index < -0.39 is 22.0 Å². The molecule has 0 spiro atoms. The summed E-state index contributed by atoms with van der Waals surface area (Å²) in [5.41, 5.74) is -0.662. The monoisotopic (exact) mass is 273 g/mol. The molecule has 0 amide bonds. The predicted molar refractivity (Wildman–Crippen MR) is 59.9 cm³/mol. The van der Waals surface area contributed by atoms with Crippen LogP contribution in [0.2, 0.25) is 0 Å². The quantitative estimate of drug-likeness (QED) is 0.919. The second-order valence-corrected chi connectivity index (χ2v) is 5.02. The van der Waals surface area contributed by atoms with Crippen molar-refractivity contribution in [3.63, 3.8) is 0 Å². The number of benzene rings is 1. The third-order valence-corrected chi connectivity index (χ3v) is 3.25. The van der Waals surface area contributed by atoms with Gasteiger partial charge in [0, 0.05) is 18.0 Å². The van der Waals surface area contributed by atoms with Crippen molar-refractivity contribution < 1.29 is 17.2 Å². The molecule has 0 atom stereocenters. The molecule has 1 aromatic heterocycles. The Kier molecular flexibility index (Phi) is 3.14. The molecule has 0 aliphatic rings. The summed E-state index contributed by atoms with van der Waals surface area (Å²) in [5.74, 6) is 0. The fourth-order valence-electron chi connectivity index (χ4n) is 1.59. The first-order valence-corrected chi connectivity index (χ1v) is 6.40. The number of para-hydroxylation sites is 1. The topological polar surface area (TPSA) is 78.0 Å². The molecule has 18 heavy (non-hydrogen) atoms. The van der Waals surface area contributed by atoms with Crippen molar-refractivity contribution in [2.75, 3.05) is 0 Å². The highest BCUT2D eigenvalue weighted by Crippen LogP contribution is 2.30. The van der Waals surface area contributed by atoms with Crippen molar-refractivity contribution in [2.45, 2.75) is 11.3 Å². The molecule has 0 unspecified atom stereocenters. The van der Waals surface area contributed by atoms with E-state index in [1.54, 1.807) is 0 Å². The molecule has 2 aromatic rings. The van der Waals surface area contributed by atoms with Gasteiger partial charge < -0.3 is 0 Å². The third kappa shape index (κ3) is 2.24. The molecular formula is C10H9F2N3O2S. The summed E-state index contributed by atoms with van der Waals surface area (Å²) < 4.78 is 49.7. The first-order valence-electron chi connectivity index (χ1n) is 4.85. The maximum atomic E-state index is 12.9. The number of primary sulfonamides is 1. The molecule has 0 saturated carbocycles. The molecule has 96 valence electrons. The minimum atomic E-state index is -4.11. The van der Waals surface area contributed by atoms with E-state index in [1.165, 1.54) is 24.5 Å². The van der Waals surface area contributed by atoms with Crippen LogP contribution in [0.1, 0.15) is 12.0 Å². The van der Waals surface area contributed by atoms with Gasteiger partial charge >= 0.3 is 0 Å². The summed E-state index contributed by atoms with van der Waals surface area (Å²) in [5, 5.41) is 8.79. The molecule has 0 saturated heterocycles. The molecule has 0 aliphatic heterocycles. The van der Waals surface area contributed by atoms with Crippen molar-refractivity contribution >= 4 is 10.0 Å². The summed E-state index contributed by atoms with van der Waals surface area (Å²) in [6.07, 6.45) is -0.101. The van der Waals surface area contributed by atoms with Gasteiger partial charge in [0.15, 0.2) is 0 Å². The number of rotatable bonds is 3. The molecule has 0 radical (unpaired) electrons. The highest BCUT2D eigenvalue weighted by atomic mass is 32.2. The Bertz CT molecular complexity index is 654. The lowest BCUT2D eigenvalue weighted by Gasteiger charge is -2.12. The Labute approximate surface area is 102 Å². The van der Waals surface area contributed by atoms with Gasteiger partial charge in [-0.3, -0.25) is 0 Å². The molecule has 0 fully saturated rings. The molecule has 1 aromatic carbocycles. The summed E-state index contributed by atoms with van der Waals surface area (Å²) in [4.78, 5) is -0.385. The fourth-order valence-corrected chi connectivity index (χ4v) is 2.34. The largest absolute Gasteiger partial charge is 0.265 e. The molecule has 2 rings (SSSR count). The van der Waals surface area contributed by atoms with Crippen LogP contribution in [0.5, 0.6) is 0 Å². The van der Waals surface area contributed by atoms with Crippen molar-refractivity contribution in [2.24, 2.45) is 5.14 Å². The molecule has 2 N–H and O–H groups in total. The van der Waals surface area contributed by atoms with Crippen LogP contribution in [0.4, 0.5) is 8.78 Å². The van der Waals surface area contributed by atoms with E-state index in [1.807, 2.05) is 0 Å². The smallest absolute Gasteiger partial charge is 0.239 e. The van der Waals surface area contributed by atoms with Gasteiger partial charge in [-0.15, -0.1) is 0 Å². The van der Waals surface area contributed by atoms with Gasteiger partial charge in [0.05, 0.1) is 5.69 Å². The Morgan fingerprint density at radius 3 is 2.50 bits per heavy atom. The van der Waals surface area contributed by atoms with Gasteiger partial charge in [-0.1, -0.05) is 12.1 Å². The van der Waals surface area contributed by atoms with Crippen LogP contribution in [-0.4, -0.2) is 18.2 Å². The number of nitrogens with two attached hydrogens (primary N) is 1. The van der Waals surface area contributed by atoms with Crippen molar-refractivity contribution in [1.29, 1.82) is 0 Å². The van der Waals surface area contributed by atoms with Crippen molar-refractivity contribution in [3.05, 3.63) is 42.2 Å². The number of hydrogen-bond donors (Lipinski definition) is 1. The first-order chi connectivity index (χ1) is 8.41. The maximum Gasteiger partial charge on any atom is 0.265 e. The molecular weight excluding hydrogens is 264 g/mol. The average Bonchev–Trinajstić information content (AvgIpc) is 2.79. The van der Waals surface area contributed by atoms with E-state index >= 15 is 0 Å². The van der Waals surface area contributed by atoms with E-state index in [4.69, 9.17) is 5.14 Å².